The lowest BCUT2D eigenvalue weighted by Crippen LogP contribution is -2.47. The Morgan fingerprint density at radius 3 is 2.55 bits per heavy atom. The summed E-state index contributed by atoms with van der Waals surface area (Å²) in [5.74, 6) is -0.441. The van der Waals surface area contributed by atoms with Crippen LogP contribution in [-0.4, -0.2) is 34.9 Å². The molecule has 7 heteroatoms. The molecule has 4 rings (SSSR count). The minimum atomic E-state index is -0.661. The Hall–Kier alpha value is -3.25. The summed E-state index contributed by atoms with van der Waals surface area (Å²) in [4.78, 5) is 31.4. The summed E-state index contributed by atoms with van der Waals surface area (Å²) in [6.45, 7) is 0. The number of hydrogen-bond donors (Lipinski definition) is 4. The molecule has 148 valence electrons. The van der Waals surface area contributed by atoms with Crippen LogP contribution in [-0.2, 0) is 22.4 Å². The van der Waals surface area contributed by atoms with Gasteiger partial charge in [-0.05, 0) is 29.3 Å². The number of H-pyrrole nitrogens is 2. The van der Waals surface area contributed by atoms with Crippen LogP contribution < -0.4 is 10.6 Å². The highest BCUT2D eigenvalue weighted by atomic mass is 35.5. The summed E-state index contributed by atoms with van der Waals surface area (Å²) in [5, 5.41) is 8.14. The third kappa shape index (κ3) is 3.98. The van der Waals surface area contributed by atoms with E-state index in [9.17, 15) is 9.59 Å². The standard InChI is InChI=1S/C22H21ClN4O2/c1-24-22(29)20(8-13-11-25-18-5-3-2-4-16(13)18)27-21(28)9-14-12-26-19-10-15(23)6-7-17(14)19/h2-7,10-12,20,25-26H,8-9H2,1H3,(H,24,29)(H,27,28)/t20-/m0/s1. The van der Waals surface area contributed by atoms with Crippen molar-refractivity contribution in [3.05, 3.63) is 71.0 Å². The Balaban J connectivity index is 1.51. The van der Waals surface area contributed by atoms with Crippen LogP contribution in [0, 0.1) is 0 Å². The molecule has 6 nitrogen and oxygen atoms in total. The van der Waals surface area contributed by atoms with Crippen LogP contribution in [0.25, 0.3) is 21.8 Å². The number of likely N-dealkylation sites (N-methyl/N-ethyl adjacent to an activating group) is 1. The average molecular weight is 409 g/mol. The van der Waals surface area contributed by atoms with E-state index in [2.05, 4.69) is 20.6 Å². The quantitative estimate of drug-likeness (QED) is 0.394. The molecule has 0 aliphatic carbocycles. The Morgan fingerprint density at radius 2 is 1.72 bits per heavy atom. The molecule has 4 aromatic rings. The van der Waals surface area contributed by atoms with Gasteiger partial charge in [-0.15, -0.1) is 0 Å². The molecule has 0 unspecified atom stereocenters. The summed E-state index contributed by atoms with van der Waals surface area (Å²) in [6.07, 6.45) is 4.26. The van der Waals surface area contributed by atoms with Gasteiger partial charge < -0.3 is 20.6 Å². The van der Waals surface area contributed by atoms with E-state index in [0.717, 1.165) is 32.9 Å². The van der Waals surface area contributed by atoms with Crippen LogP contribution in [0.2, 0.25) is 5.02 Å². The number of hydrogen-bond acceptors (Lipinski definition) is 2. The highest BCUT2D eigenvalue weighted by molar-refractivity contribution is 6.31. The minimum Gasteiger partial charge on any atom is -0.361 e. The Labute approximate surface area is 172 Å². The normalized spacial score (nSPS) is 12.2. The number of fused-ring (bicyclic) bond motifs is 2. The maximum atomic E-state index is 12.7. The Morgan fingerprint density at radius 1 is 1.00 bits per heavy atom. The Bertz CT molecular complexity index is 1190. The van der Waals surface area contributed by atoms with Crippen LogP contribution in [0.4, 0.5) is 0 Å². The predicted molar refractivity (Wildman–Crippen MR) is 115 cm³/mol. The number of carbonyl (C=O) groups is 2. The number of amides is 2. The van der Waals surface area contributed by atoms with Crippen LogP contribution in [0.3, 0.4) is 0 Å². The van der Waals surface area contributed by atoms with Gasteiger partial charge in [0.2, 0.25) is 11.8 Å². The molecule has 29 heavy (non-hydrogen) atoms. The third-order valence-corrected chi connectivity index (χ3v) is 5.31. The maximum Gasteiger partial charge on any atom is 0.242 e. The van der Waals surface area contributed by atoms with Crippen molar-refractivity contribution < 1.29 is 9.59 Å². The van der Waals surface area contributed by atoms with E-state index >= 15 is 0 Å². The first-order valence-electron chi connectivity index (χ1n) is 9.36. The molecule has 0 radical (unpaired) electrons. The number of aromatic nitrogens is 2. The molecule has 2 amide bonds. The van der Waals surface area contributed by atoms with Gasteiger partial charge in [0.15, 0.2) is 0 Å². The van der Waals surface area contributed by atoms with Crippen molar-refractivity contribution in [2.45, 2.75) is 18.9 Å². The number of para-hydroxylation sites is 1. The van der Waals surface area contributed by atoms with E-state index in [1.54, 1.807) is 19.3 Å². The number of carbonyl (C=O) groups excluding carboxylic acids is 2. The smallest absolute Gasteiger partial charge is 0.242 e. The molecule has 1 atom stereocenters. The number of halogens is 1. The van der Waals surface area contributed by atoms with Gasteiger partial charge in [0.25, 0.3) is 0 Å². The van der Waals surface area contributed by atoms with E-state index in [-0.39, 0.29) is 18.2 Å². The van der Waals surface area contributed by atoms with Crippen molar-refractivity contribution in [2.75, 3.05) is 7.05 Å². The first-order chi connectivity index (χ1) is 14.0. The van der Waals surface area contributed by atoms with Gasteiger partial charge in [0, 0.05) is 52.7 Å². The summed E-state index contributed by atoms with van der Waals surface area (Å²) < 4.78 is 0. The first kappa shape index (κ1) is 19.1. The molecular formula is C22H21ClN4O2. The van der Waals surface area contributed by atoms with E-state index in [0.29, 0.717) is 11.4 Å². The van der Waals surface area contributed by atoms with Crippen molar-refractivity contribution in [3.8, 4) is 0 Å². The number of benzene rings is 2. The van der Waals surface area contributed by atoms with Crippen LogP contribution in [0.5, 0.6) is 0 Å². The van der Waals surface area contributed by atoms with Crippen molar-refractivity contribution >= 4 is 45.2 Å². The molecule has 0 aliphatic heterocycles. The lowest BCUT2D eigenvalue weighted by molar-refractivity contribution is -0.128. The molecule has 2 aromatic carbocycles. The number of nitrogens with one attached hydrogen (secondary N) is 4. The van der Waals surface area contributed by atoms with Crippen LogP contribution in [0.1, 0.15) is 11.1 Å². The second-order valence-corrected chi connectivity index (χ2v) is 7.42. The fourth-order valence-electron chi connectivity index (χ4n) is 3.63. The lowest BCUT2D eigenvalue weighted by atomic mass is 10.0. The summed E-state index contributed by atoms with van der Waals surface area (Å²) in [7, 11) is 1.57. The van der Waals surface area contributed by atoms with Crippen LogP contribution >= 0.6 is 11.6 Å². The summed E-state index contributed by atoms with van der Waals surface area (Å²) in [6, 6.07) is 12.7. The zero-order valence-electron chi connectivity index (χ0n) is 15.9. The largest absolute Gasteiger partial charge is 0.361 e. The molecule has 2 aromatic heterocycles. The maximum absolute atomic E-state index is 12.7. The highest BCUT2D eigenvalue weighted by Crippen LogP contribution is 2.23. The van der Waals surface area contributed by atoms with Gasteiger partial charge in [-0.1, -0.05) is 35.9 Å². The molecule has 0 saturated carbocycles. The molecule has 0 fully saturated rings. The second kappa shape index (κ2) is 8.01. The number of aromatic amines is 2. The van der Waals surface area contributed by atoms with Gasteiger partial charge in [-0.3, -0.25) is 9.59 Å². The van der Waals surface area contributed by atoms with Gasteiger partial charge in [-0.25, -0.2) is 0 Å². The second-order valence-electron chi connectivity index (χ2n) is 6.98. The molecular weight excluding hydrogens is 388 g/mol. The van der Waals surface area contributed by atoms with Gasteiger partial charge >= 0.3 is 0 Å². The van der Waals surface area contributed by atoms with Crippen molar-refractivity contribution in [1.29, 1.82) is 0 Å². The summed E-state index contributed by atoms with van der Waals surface area (Å²) >= 11 is 6.02. The van der Waals surface area contributed by atoms with E-state index in [1.165, 1.54) is 0 Å². The lowest BCUT2D eigenvalue weighted by Gasteiger charge is -2.17. The fourth-order valence-corrected chi connectivity index (χ4v) is 3.80. The van der Waals surface area contributed by atoms with E-state index in [4.69, 9.17) is 11.6 Å². The zero-order chi connectivity index (χ0) is 20.4. The molecule has 2 heterocycles. The topological polar surface area (TPSA) is 89.8 Å². The zero-order valence-corrected chi connectivity index (χ0v) is 16.6. The first-order valence-corrected chi connectivity index (χ1v) is 9.74. The van der Waals surface area contributed by atoms with Crippen LogP contribution in [0.15, 0.2) is 54.9 Å². The van der Waals surface area contributed by atoms with Gasteiger partial charge in [0.1, 0.15) is 6.04 Å². The molecule has 0 bridgehead atoms. The summed E-state index contributed by atoms with van der Waals surface area (Å²) in [5.41, 5.74) is 3.72. The van der Waals surface area contributed by atoms with Gasteiger partial charge in [-0.2, -0.15) is 0 Å². The monoisotopic (exact) mass is 408 g/mol. The average Bonchev–Trinajstić information content (AvgIpc) is 3.31. The molecule has 0 saturated heterocycles. The fraction of sp³-hybridized carbons (Fsp3) is 0.182. The predicted octanol–water partition coefficient (Wildman–Crippen LogP) is 3.32. The van der Waals surface area contributed by atoms with Crippen molar-refractivity contribution in [3.63, 3.8) is 0 Å². The highest BCUT2D eigenvalue weighted by Gasteiger charge is 2.22. The molecule has 0 aliphatic rings. The van der Waals surface area contributed by atoms with E-state index < -0.39 is 6.04 Å². The molecule has 0 spiro atoms. The SMILES string of the molecule is CNC(=O)[C@H](Cc1c[nH]c2ccccc12)NC(=O)Cc1c[nH]c2cc(Cl)ccc12. The third-order valence-electron chi connectivity index (χ3n) is 5.08. The molecule has 4 N–H and O–H groups in total. The Kier molecular flexibility index (Phi) is 5.27. The minimum absolute atomic E-state index is 0.170. The van der Waals surface area contributed by atoms with Crippen molar-refractivity contribution in [1.82, 2.24) is 20.6 Å². The van der Waals surface area contributed by atoms with Gasteiger partial charge in [0.05, 0.1) is 6.42 Å². The van der Waals surface area contributed by atoms with E-state index in [1.807, 2.05) is 42.6 Å². The van der Waals surface area contributed by atoms with Crippen molar-refractivity contribution in [2.24, 2.45) is 0 Å². The number of rotatable bonds is 6.